The molecule has 0 radical (unpaired) electrons. The number of thioether (sulfide) groups is 1. The van der Waals surface area contributed by atoms with Gasteiger partial charge in [-0.25, -0.2) is 4.68 Å². The fourth-order valence-electron chi connectivity index (χ4n) is 1.37. The van der Waals surface area contributed by atoms with Gasteiger partial charge < -0.3 is 10.6 Å². The van der Waals surface area contributed by atoms with Crippen LogP contribution in [0.4, 0.5) is 25.1 Å². The van der Waals surface area contributed by atoms with Gasteiger partial charge in [-0.1, -0.05) is 0 Å². The number of hydrogen-bond acceptors (Lipinski definition) is 7. The highest BCUT2D eigenvalue weighted by Gasteiger charge is 2.27. The Morgan fingerprint density at radius 1 is 1.24 bits per heavy atom. The van der Waals surface area contributed by atoms with Crippen molar-refractivity contribution in [3.05, 3.63) is 18.5 Å². The summed E-state index contributed by atoms with van der Waals surface area (Å²) in [5, 5.41) is 9.47. The molecule has 0 unspecified atom stereocenters. The molecule has 2 rings (SSSR count). The number of nitrogens with one attached hydrogen (secondary N) is 2. The Balaban J connectivity index is 2.04. The summed E-state index contributed by atoms with van der Waals surface area (Å²) in [6, 6.07) is 1.70. The predicted molar refractivity (Wildman–Crippen MR) is 73.5 cm³/mol. The highest BCUT2D eigenvalue weighted by atomic mass is 32.2. The third kappa shape index (κ3) is 4.77. The smallest absolute Gasteiger partial charge is 0.357 e. The summed E-state index contributed by atoms with van der Waals surface area (Å²) in [5.41, 5.74) is -4.24. The molecule has 0 atom stereocenters. The third-order valence-corrected chi connectivity index (χ3v) is 2.94. The summed E-state index contributed by atoms with van der Waals surface area (Å²) in [7, 11) is 1.63. The topological polar surface area (TPSA) is 80.5 Å². The van der Waals surface area contributed by atoms with Crippen LogP contribution in [-0.4, -0.2) is 49.6 Å². The van der Waals surface area contributed by atoms with E-state index in [1.807, 2.05) is 0 Å². The molecule has 0 aliphatic carbocycles. The highest BCUT2D eigenvalue weighted by molar-refractivity contribution is 8.00. The zero-order valence-electron chi connectivity index (χ0n) is 10.9. The number of alkyl halides is 3. The van der Waals surface area contributed by atoms with Gasteiger partial charge in [-0.2, -0.15) is 33.2 Å². The van der Waals surface area contributed by atoms with Crippen LogP contribution in [0.3, 0.4) is 0 Å². The van der Waals surface area contributed by atoms with Crippen molar-refractivity contribution in [3.8, 4) is 5.95 Å². The third-order valence-electron chi connectivity index (χ3n) is 2.21. The second kappa shape index (κ2) is 6.61. The molecule has 2 heterocycles. The first-order valence-corrected chi connectivity index (χ1v) is 6.85. The molecule has 0 aliphatic rings. The molecule has 0 aromatic carbocycles. The molecule has 0 bridgehead atoms. The van der Waals surface area contributed by atoms with E-state index in [1.165, 1.54) is 4.68 Å². The number of aromatic nitrogens is 5. The van der Waals surface area contributed by atoms with Gasteiger partial charge in [-0.15, -0.1) is 0 Å². The minimum atomic E-state index is -4.24. The lowest BCUT2D eigenvalue weighted by atomic mass is 10.7. The van der Waals surface area contributed by atoms with Gasteiger partial charge in [0, 0.05) is 31.7 Å². The minimum Gasteiger partial charge on any atom is -0.357 e. The lowest BCUT2D eigenvalue weighted by molar-refractivity contribution is -0.0327. The molecular weight excluding hydrogens is 307 g/mol. The van der Waals surface area contributed by atoms with Crippen LogP contribution >= 0.6 is 11.8 Å². The monoisotopic (exact) mass is 319 g/mol. The van der Waals surface area contributed by atoms with Crippen LogP contribution in [0.15, 0.2) is 18.5 Å². The average molecular weight is 319 g/mol. The van der Waals surface area contributed by atoms with Crippen LogP contribution in [0.1, 0.15) is 0 Å². The SMILES string of the molecule is CNc1nc(NCCSC(F)(F)F)nc(-n2cccn2)n1. The normalized spacial score (nSPS) is 11.4. The van der Waals surface area contributed by atoms with Crippen molar-refractivity contribution in [3.63, 3.8) is 0 Å². The molecule has 2 aromatic rings. The van der Waals surface area contributed by atoms with Gasteiger partial charge in [-0.3, -0.25) is 0 Å². The molecule has 7 nitrogen and oxygen atoms in total. The van der Waals surface area contributed by atoms with Gasteiger partial charge in [0.1, 0.15) is 0 Å². The van der Waals surface area contributed by atoms with E-state index in [-0.39, 0.29) is 36.0 Å². The Morgan fingerprint density at radius 2 is 2.00 bits per heavy atom. The second-order valence-electron chi connectivity index (χ2n) is 3.70. The summed E-state index contributed by atoms with van der Waals surface area (Å²) in [5.74, 6) is 0.607. The molecule has 0 aliphatic heterocycles. The van der Waals surface area contributed by atoms with Gasteiger partial charge in [0.05, 0.1) is 0 Å². The van der Waals surface area contributed by atoms with Crippen molar-refractivity contribution in [2.24, 2.45) is 0 Å². The van der Waals surface area contributed by atoms with Gasteiger partial charge in [0.25, 0.3) is 5.95 Å². The number of nitrogens with zero attached hydrogens (tertiary/aromatic N) is 5. The molecule has 0 saturated carbocycles. The highest BCUT2D eigenvalue weighted by Crippen LogP contribution is 2.29. The van der Waals surface area contributed by atoms with Crippen molar-refractivity contribution in [2.45, 2.75) is 5.51 Å². The second-order valence-corrected chi connectivity index (χ2v) is 4.86. The molecule has 21 heavy (non-hydrogen) atoms. The molecule has 0 fully saturated rings. The van der Waals surface area contributed by atoms with Crippen LogP contribution in [0, 0.1) is 0 Å². The van der Waals surface area contributed by atoms with Crippen molar-refractivity contribution >= 4 is 23.7 Å². The molecule has 11 heteroatoms. The summed E-state index contributed by atoms with van der Waals surface area (Å²) >= 11 is -0.102. The van der Waals surface area contributed by atoms with Crippen LogP contribution in [-0.2, 0) is 0 Å². The Labute approximate surface area is 122 Å². The number of hydrogen-bond donors (Lipinski definition) is 2. The van der Waals surface area contributed by atoms with Gasteiger partial charge >= 0.3 is 5.51 Å². The van der Waals surface area contributed by atoms with E-state index in [0.29, 0.717) is 5.95 Å². The zero-order chi connectivity index (χ0) is 15.3. The Kier molecular flexibility index (Phi) is 4.83. The quantitative estimate of drug-likeness (QED) is 0.785. The van der Waals surface area contributed by atoms with Gasteiger partial charge in [0.2, 0.25) is 11.9 Å². The lowest BCUT2D eigenvalue weighted by Crippen LogP contribution is -2.14. The minimum absolute atomic E-state index is 0.0793. The zero-order valence-corrected chi connectivity index (χ0v) is 11.7. The van der Waals surface area contributed by atoms with Crippen molar-refractivity contribution in [1.29, 1.82) is 0 Å². The van der Waals surface area contributed by atoms with Crippen LogP contribution in [0.2, 0.25) is 0 Å². The fraction of sp³-hybridized carbons (Fsp3) is 0.400. The van der Waals surface area contributed by atoms with Crippen molar-refractivity contribution < 1.29 is 13.2 Å². The van der Waals surface area contributed by atoms with Gasteiger partial charge in [-0.05, 0) is 17.8 Å². The maximum absolute atomic E-state index is 12.0. The van der Waals surface area contributed by atoms with E-state index < -0.39 is 5.51 Å². The molecule has 0 spiro atoms. The van der Waals surface area contributed by atoms with Crippen LogP contribution in [0.5, 0.6) is 0 Å². The van der Waals surface area contributed by atoms with E-state index in [1.54, 1.807) is 25.5 Å². The molecule has 2 aromatic heterocycles. The Bertz CT molecular complexity index is 573. The first-order valence-electron chi connectivity index (χ1n) is 5.86. The molecular formula is C10H12F3N7S. The summed E-state index contributed by atoms with van der Waals surface area (Å²) < 4.78 is 37.5. The summed E-state index contributed by atoms with van der Waals surface area (Å²) in [4.78, 5) is 12.2. The van der Waals surface area contributed by atoms with E-state index in [0.717, 1.165) is 0 Å². The number of anilines is 2. The molecule has 0 amide bonds. The van der Waals surface area contributed by atoms with E-state index in [9.17, 15) is 13.2 Å². The van der Waals surface area contributed by atoms with E-state index in [2.05, 4.69) is 30.7 Å². The fourth-order valence-corrected chi connectivity index (χ4v) is 1.81. The van der Waals surface area contributed by atoms with Crippen LogP contribution in [0.25, 0.3) is 5.95 Å². The van der Waals surface area contributed by atoms with Gasteiger partial charge in [0.15, 0.2) is 0 Å². The predicted octanol–water partition coefficient (Wildman–Crippen LogP) is 1.76. The van der Waals surface area contributed by atoms with Crippen LogP contribution < -0.4 is 10.6 Å². The summed E-state index contributed by atoms with van der Waals surface area (Å²) in [6.07, 6.45) is 3.22. The molecule has 114 valence electrons. The maximum Gasteiger partial charge on any atom is 0.441 e. The van der Waals surface area contributed by atoms with E-state index >= 15 is 0 Å². The largest absolute Gasteiger partial charge is 0.441 e. The molecule has 2 N–H and O–H groups in total. The number of halogens is 3. The first kappa shape index (κ1) is 15.4. The van der Waals surface area contributed by atoms with E-state index in [4.69, 9.17) is 0 Å². The maximum atomic E-state index is 12.0. The lowest BCUT2D eigenvalue weighted by Gasteiger charge is -2.09. The average Bonchev–Trinajstić information content (AvgIpc) is 2.96. The van der Waals surface area contributed by atoms with Crippen molar-refractivity contribution in [2.75, 3.05) is 30.0 Å². The Morgan fingerprint density at radius 3 is 2.62 bits per heavy atom. The molecule has 0 saturated heterocycles. The van der Waals surface area contributed by atoms with Crippen molar-refractivity contribution in [1.82, 2.24) is 24.7 Å². The Hall–Kier alpha value is -2.04. The standard InChI is InChI=1S/C10H12F3N7S/c1-14-7-17-8(15-4-6-21-10(11,12)13)19-9(18-7)20-5-2-3-16-20/h2-3,5H,4,6H2,1H3,(H2,14,15,17,18,19). The summed E-state index contributed by atoms with van der Waals surface area (Å²) in [6.45, 7) is 0.0793. The first-order chi connectivity index (χ1) is 9.98. The number of rotatable bonds is 6.